The van der Waals surface area contributed by atoms with Crippen molar-refractivity contribution >= 4 is 0 Å². The summed E-state index contributed by atoms with van der Waals surface area (Å²) in [5.74, 6) is -1.08. The normalized spacial score (nSPS) is 12.2. The highest BCUT2D eigenvalue weighted by molar-refractivity contribution is 5.36. The summed E-state index contributed by atoms with van der Waals surface area (Å²) < 4.78 is 61.3. The molecule has 3 nitrogen and oxygen atoms in total. The number of alkyl halides is 5. The monoisotopic (exact) mass is 243 g/mol. The lowest BCUT2D eigenvalue weighted by Gasteiger charge is -2.13. The minimum absolute atomic E-state index is 0.428. The Morgan fingerprint density at radius 2 is 1.88 bits per heavy atom. The van der Waals surface area contributed by atoms with Crippen molar-refractivity contribution in [2.75, 3.05) is 0 Å². The van der Waals surface area contributed by atoms with Crippen LogP contribution in [0.4, 0.5) is 22.0 Å². The second-order valence-corrected chi connectivity index (χ2v) is 2.86. The summed E-state index contributed by atoms with van der Waals surface area (Å²) in [6, 6.07) is 0.428. The minimum Gasteiger partial charge on any atom is -0.506 e. The van der Waals surface area contributed by atoms with Crippen LogP contribution in [0.2, 0.25) is 0 Å². The van der Waals surface area contributed by atoms with Gasteiger partial charge in [0.2, 0.25) is 0 Å². The molecule has 0 bridgehead atoms. The van der Waals surface area contributed by atoms with Gasteiger partial charge in [0.1, 0.15) is 11.4 Å². The van der Waals surface area contributed by atoms with Crippen molar-refractivity contribution in [2.24, 2.45) is 0 Å². The maximum absolute atomic E-state index is 12.3. The summed E-state index contributed by atoms with van der Waals surface area (Å²) in [4.78, 5) is 2.63. The lowest BCUT2D eigenvalue weighted by Crippen LogP contribution is -2.14. The third-order valence-corrected chi connectivity index (χ3v) is 1.76. The summed E-state index contributed by atoms with van der Waals surface area (Å²) in [7, 11) is 0. The van der Waals surface area contributed by atoms with Gasteiger partial charge < -0.3 is 10.2 Å². The van der Waals surface area contributed by atoms with Crippen molar-refractivity contribution in [3.8, 4) is 5.75 Å². The molecule has 0 amide bonds. The maximum Gasteiger partial charge on any atom is 0.433 e. The Hall–Kier alpha value is -1.44. The Morgan fingerprint density at radius 1 is 1.31 bits per heavy atom. The molecule has 8 heteroatoms. The molecule has 1 heterocycles. The highest BCUT2D eigenvalue weighted by Gasteiger charge is 2.37. The Kier molecular flexibility index (Phi) is 3.32. The number of aromatic nitrogens is 1. The Balaban J connectivity index is 3.41. The molecule has 1 aromatic rings. The zero-order chi connectivity index (χ0) is 12.5. The van der Waals surface area contributed by atoms with E-state index in [1.807, 2.05) is 0 Å². The average molecular weight is 243 g/mol. The van der Waals surface area contributed by atoms with Crippen LogP contribution < -0.4 is 0 Å². The summed E-state index contributed by atoms with van der Waals surface area (Å²) in [6.07, 6.45) is -8.29. The number of hydrogen-bond acceptors (Lipinski definition) is 3. The smallest absolute Gasteiger partial charge is 0.433 e. The zero-order valence-electron chi connectivity index (χ0n) is 7.59. The Morgan fingerprint density at radius 3 is 2.25 bits per heavy atom. The number of aliphatic hydroxyl groups is 1. The van der Waals surface area contributed by atoms with Crippen LogP contribution in [0.5, 0.6) is 5.75 Å². The van der Waals surface area contributed by atoms with Gasteiger partial charge >= 0.3 is 6.18 Å². The fourth-order valence-corrected chi connectivity index (χ4v) is 1.08. The van der Waals surface area contributed by atoms with Crippen molar-refractivity contribution in [3.63, 3.8) is 0 Å². The van der Waals surface area contributed by atoms with Gasteiger partial charge in [0.05, 0.1) is 6.61 Å². The van der Waals surface area contributed by atoms with Gasteiger partial charge in [-0.3, -0.25) is 0 Å². The first-order chi connectivity index (χ1) is 7.27. The van der Waals surface area contributed by atoms with Gasteiger partial charge in [-0.15, -0.1) is 0 Å². The summed E-state index contributed by atoms with van der Waals surface area (Å²) in [5.41, 5.74) is -3.73. The zero-order valence-corrected chi connectivity index (χ0v) is 7.59. The molecule has 0 spiro atoms. The van der Waals surface area contributed by atoms with Crippen LogP contribution in [0.15, 0.2) is 6.07 Å². The minimum atomic E-state index is -4.96. The largest absolute Gasteiger partial charge is 0.506 e. The van der Waals surface area contributed by atoms with Crippen molar-refractivity contribution in [2.45, 2.75) is 19.2 Å². The Labute approximate surface area is 86.2 Å². The van der Waals surface area contributed by atoms with Gasteiger partial charge in [0.15, 0.2) is 5.69 Å². The topological polar surface area (TPSA) is 53.4 Å². The van der Waals surface area contributed by atoms with E-state index < -0.39 is 41.9 Å². The third-order valence-electron chi connectivity index (χ3n) is 1.76. The molecule has 0 atom stereocenters. The van der Waals surface area contributed by atoms with Crippen molar-refractivity contribution < 1.29 is 32.2 Å². The first-order valence-electron chi connectivity index (χ1n) is 3.96. The second-order valence-electron chi connectivity index (χ2n) is 2.86. The molecule has 0 unspecified atom stereocenters. The molecule has 1 rings (SSSR count). The van der Waals surface area contributed by atoms with E-state index in [2.05, 4.69) is 4.98 Å². The molecule has 1 aromatic heterocycles. The molecular weight excluding hydrogens is 237 g/mol. The van der Waals surface area contributed by atoms with E-state index in [1.54, 1.807) is 0 Å². The fourth-order valence-electron chi connectivity index (χ4n) is 1.08. The second kappa shape index (κ2) is 4.20. The van der Waals surface area contributed by atoms with Gasteiger partial charge in [-0.25, -0.2) is 13.8 Å². The van der Waals surface area contributed by atoms with Crippen molar-refractivity contribution in [1.82, 2.24) is 4.98 Å². The predicted molar refractivity (Wildman–Crippen MR) is 41.8 cm³/mol. The van der Waals surface area contributed by atoms with Crippen molar-refractivity contribution in [3.05, 3.63) is 23.0 Å². The molecule has 0 saturated carbocycles. The molecule has 0 aliphatic heterocycles. The third kappa shape index (κ3) is 2.38. The number of aromatic hydroxyl groups is 1. The first-order valence-corrected chi connectivity index (χ1v) is 3.96. The molecule has 0 fully saturated rings. The summed E-state index contributed by atoms with van der Waals surface area (Å²) >= 11 is 0. The maximum atomic E-state index is 12.3. The summed E-state index contributed by atoms with van der Waals surface area (Å²) in [6.45, 7) is -1.06. The predicted octanol–water partition coefficient (Wildman–Crippen LogP) is 2.24. The number of pyridine rings is 1. The van der Waals surface area contributed by atoms with E-state index in [0.717, 1.165) is 0 Å². The number of rotatable bonds is 2. The molecular formula is C8H6F5NO2. The molecule has 0 saturated heterocycles. The highest BCUT2D eigenvalue weighted by atomic mass is 19.4. The standard InChI is InChI=1S/C8H6F5NO2/c9-7(10)5-4(16)1-3(2-15)6(14-5)8(11,12)13/h1,7,15-16H,2H2. The van der Waals surface area contributed by atoms with Crippen LogP contribution in [0.1, 0.15) is 23.4 Å². The Bertz CT molecular complexity index is 391. The lowest BCUT2D eigenvalue weighted by atomic mass is 10.1. The SMILES string of the molecule is OCc1cc(O)c(C(F)F)nc1C(F)(F)F. The van der Waals surface area contributed by atoms with E-state index in [9.17, 15) is 22.0 Å². The molecule has 2 N–H and O–H groups in total. The van der Waals surface area contributed by atoms with Crippen LogP contribution in [-0.2, 0) is 12.8 Å². The van der Waals surface area contributed by atoms with E-state index >= 15 is 0 Å². The highest BCUT2D eigenvalue weighted by Crippen LogP contribution is 2.35. The number of aliphatic hydroxyl groups excluding tert-OH is 1. The molecule has 0 radical (unpaired) electrons. The van der Waals surface area contributed by atoms with Gasteiger partial charge in [-0.1, -0.05) is 0 Å². The number of halogens is 5. The molecule has 0 aliphatic carbocycles. The van der Waals surface area contributed by atoms with Crippen LogP contribution in [-0.4, -0.2) is 15.2 Å². The first kappa shape index (κ1) is 12.6. The van der Waals surface area contributed by atoms with E-state index in [0.29, 0.717) is 6.07 Å². The molecule has 0 aliphatic rings. The molecule has 16 heavy (non-hydrogen) atoms. The molecule has 90 valence electrons. The lowest BCUT2D eigenvalue weighted by molar-refractivity contribution is -0.142. The van der Waals surface area contributed by atoms with Crippen molar-refractivity contribution in [1.29, 1.82) is 0 Å². The van der Waals surface area contributed by atoms with E-state index in [4.69, 9.17) is 10.2 Å². The summed E-state index contributed by atoms with van der Waals surface area (Å²) in [5, 5.41) is 17.6. The molecule has 0 aromatic carbocycles. The average Bonchev–Trinajstić information content (AvgIpc) is 2.14. The number of hydrogen-bond donors (Lipinski definition) is 2. The van der Waals surface area contributed by atoms with Gasteiger partial charge in [-0.05, 0) is 6.07 Å². The van der Waals surface area contributed by atoms with Gasteiger partial charge in [0.25, 0.3) is 6.43 Å². The number of nitrogens with zero attached hydrogens (tertiary/aromatic N) is 1. The van der Waals surface area contributed by atoms with Crippen LogP contribution >= 0.6 is 0 Å². The van der Waals surface area contributed by atoms with Crippen LogP contribution in [0.3, 0.4) is 0 Å². The van der Waals surface area contributed by atoms with E-state index in [-0.39, 0.29) is 0 Å². The van der Waals surface area contributed by atoms with Gasteiger partial charge in [-0.2, -0.15) is 13.2 Å². The fraction of sp³-hybridized carbons (Fsp3) is 0.375. The van der Waals surface area contributed by atoms with Crippen LogP contribution in [0, 0.1) is 0 Å². The van der Waals surface area contributed by atoms with Gasteiger partial charge in [0, 0.05) is 5.56 Å². The quantitative estimate of drug-likeness (QED) is 0.783. The van der Waals surface area contributed by atoms with E-state index in [1.165, 1.54) is 0 Å². The van der Waals surface area contributed by atoms with Crippen LogP contribution in [0.25, 0.3) is 0 Å².